The van der Waals surface area contributed by atoms with Crippen molar-refractivity contribution in [3.63, 3.8) is 0 Å². The van der Waals surface area contributed by atoms with Gasteiger partial charge in [0, 0.05) is 66.5 Å². The highest BCUT2D eigenvalue weighted by Crippen LogP contribution is 2.56. The van der Waals surface area contributed by atoms with Gasteiger partial charge in [0.25, 0.3) is 0 Å². The lowest BCUT2D eigenvalue weighted by molar-refractivity contribution is 0.632. The first-order chi connectivity index (χ1) is 80.2. The lowest BCUT2D eigenvalue weighted by Crippen LogP contribution is -2.14. The van der Waals surface area contributed by atoms with Gasteiger partial charge in [0.15, 0.2) is 23.3 Å². The number of nitrogens with zero attached hydrogens (tertiary/aromatic N) is 4. The Hall–Kier alpha value is -17.7. The summed E-state index contributed by atoms with van der Waals surface area (Å²) >= 11 is 0. The van der Waals surface area contributed by atoms with Crippen LogP contribution in [0.3, 0.4) is 0 Å². The third-order valence-electron chi connectivity index (χ3n) is 27.9. The Labute approximate surface area is 891 Å². The zero-order chi connectivity index (χ0) is 119. The fourth-order valence-electron chi connectivity index (χ4n) is 21.3. The zero-order valence-electron chi connectivity index (χ0n) is 103. The lowest BCUT2D eigenvalue weighted by Gasteiger charge is -2.30. The van der Waals surface area contributed by atoms with Crippen LogP contribution < -0.4 is 19.6 Å². The van der Waals surface area contributed by atoms with Crippen molar-refractivity contribution in [1.29, 1.82) is 0 Å². The van der Waals surface area contributed by atoms with Crippen LogP contribution in [0.25, 0.3) is 154 Å². The molecule has 0 amide bonds. The third-order valence-corrected chi connectivity index (χ3v) is 27.9. The zero-order valence-corrected chi connectivity index (χ0v) is 83.3. The van der Waals surface area contributed by atoms with E-state index in [0.717, 1.165) is 89.0 Å². The first-order valence-electron chi connectivity index (χ1n) is 59.1. The van der Waals surface area contributed by atoms with Crippen LogP contribution in [0, 0.1) is 106 Å². The number of para-hydroxylation sites is 4. The van der Waals surface area contributed by atoms with Gasteiger partial charge in [0.2, 0.25) is 0 Å². The van der Waals surface area contributed by atoms with Gasteiger partial charge in [-0.05, 0) is 314 Å². The predicted octanol–water partition coefficient (Wildman–Crippen LogP) is 40.6. The van der Waals surface area contributed by atoms with Crippen LogP contribution in [0.4, 0.5) is 85.8 Å². The molecule has 0 aliphatic rings. The highest BCUT2D eigenvalue weighted by Gasteiger charge is 2.33. The molecule has 148 heavy (non-hydrogen) atoms. The van der Waals surface area contributed by atoms with Crippen LogP contribution in [-0.2, 0) is 0 Å². The second-order valence-corrected chi connectivity index (χ2v) is 38.8. The van der Waals surface area contributed by atoms with Gasteiger partial charge in [-0.1, -0.05) is 382 Å². The fraction of sp³-hybridized carbons (Fsp3) is 0.0857. The third kappa shape index (κ3) is 17.7. The molecule has 0 atom stereocenters. The summed E-state index contributed by atoms with van der Waals surface area (Å²) in [5.41, 5.74) is 19.6. The molecule has 24 aromatic carbocycles. The standard InChI is InChI=1S/C72H58F2N2.C68H50F2N2/c1-43-27-44(2)32-53(31-43)55-39-63(57-35-47(5)29-48(6)36-57)71(73)67(41-55)75(59-15-11-9-12-16-59)65-25-21-51-20-24-62-66(26-22-52-19-23-61(65)69(51)70(52)62)76(60-17-13-10-14-18-60)68-42-56(54-33-45(3)28-46(4)34-54)40-64(72(68)74)58-37-49(7)30-50(8)38-58;1-43-15-23-47(24-16-43)53-39-59(49-27-19-45(3)20-28-49)67(69)63(41-53)71(55-11-7-5-8-12-55)61-37-33-51-32-36-58-62(38-34-52-31-35-57(61)65(51)66(52)58)72(56-13-9-6-10-14-56)64-42-54(48-25-17-44(2)18-26-48)40-60(68(64)70)50-29-21-46(4)22-30-50/h9-42H,1-8H3;5-42H,1-4H3/i9D,10D,11D,12D,13D,14D,15D,16D,17D,18D;5D,6D,7D,8D,9D,10D,11D,12D,13D,14D. The molecule has 24 aromatic rings. The molecule has 0 aromatic heterocycles. The first-order valence-corrected chi connectivity index (χ1v) is 49.1. The summed E-state index contributed by atoms with van der Waals surface area (Å²) in [4.78, 5) is 5.69. The molecular weight excluding hydrogens is 1810 g/mol. The number of anilines is 12. The molecule has 0 saturated carbocycles. The largest absolute Gasteiger partial charge is 0.307 e. The number of rotatable bonds is 20. The van der Waals surface area contributed by atoms with Gasteiger partial charge in [0.05, 0.1) is 72.9 Å². The smallest absolute Gasteiger partial charge is 0.155 e. The van der Waals surface area contributed by atoms with Crippen molar-refractivity contribution >= 4 is 133 Å². The van der Waals surface area contributed by atoms with E-state index < -0.39 is 144 Å². The van der Waals surface area contributed by atoms with E-state index in [1.807, 2.05) is 326 Å². The Bertz CT molecular complexity index is 9830. The number of benzene rings is 24. The van der Waals surface area contributed by atoms with E-state index in [-0.39, 0.29) is 90.5 Å². The van der Waals surface area contributed by atoms with Gasteiger partial charge in [-0.2, -0.15) is 0 Å². The van der Waals surface area contributed by atoms with Crippen LogP contribution in [0.15, 0.2) is 436 Å². The van der Waals surface area contributed by atoms with Crippen LogP contribution in [0.2, 0.25) is 0 Å². The summed E-state index contributed by atoms with van der Waals surface area (Å²) in [6, 6.07) is 84.9. The van der Waals surface area contributed by atoms with E-state index in [9.17, 15) is 11.0 Å². The number of aryl methyl sites for hydroxylation is 12. The minimum atomic E-state index is -0.714. The normalized spacial score (nSPS) is 13.4. The number of hydrogen-bond acceptors (Lipinski definition) is 4. The van der Waals surface area contributed by atoms with Crippen molar-refractivity contribution in [1.82, 2.24) is 0 Å². The second-order valence-electron chi connectivity index (χ2n) is 38.8. The monoisotopic (exact) mass is 1940 g/mol. The summed E-state index contributed by atoms with van der Waals surface area (Å²) in [7, 11) is 0. The molecule has 0 radical (unpaired) electrons. The fourth-order valence-corrected chi connectivity index (χ4v) is 21.3. The average molecular weight is 1940 g/mol. The molecule has 0 heterocycles. The molecule has 0 saturated heterocycles. The minimum Gasteiger partial charge on any atom is -0.307 e. The highest BCUT2D eigenvalue weighted by molar-refractivity contribution is 6.30. The lowest BCUT2D eigenvalue weighted by atomic mass is 9.90. The van der Waals surface area contributed by atoms with E-state index >= 15 is 17.6 Å². The van der Waals surface area contributed by atoms with E-state index in [4.69, 9.17) is 16.4 Å². The number of hydrogen-bond donors (Lipinski definition) is 0. The quantitative estimate of drug-likeness (QED) is 0.0557. The summed E-state index contributed by atoms with van der Waals surface area (Å²) in [5.74, 6) is -2.84. The topological polar surface area (TPSA) is 13.0 Å². The van der Waals surface area contributed by atoms with E-state index in [1.165, 1.54) is 19.6 Å². The molecule has 0 unspecified atom stereocenters. The highest BCUT2D eigenvalue weighted by atomic mass is 19.1. The van der Waals surface area contributed by atoms with Gasteiger partial charge >= 0.3 is 0 Å². The molecule has 4 nitrogen and oxygen atoms in total. The SMILES string of the molecule is [2H]c1c([2H])c([2H])c(N(c2cc(-c3cc(C)cc(C)c3)cc(-c3cc(C)cc(C)c3)c2F)c2ccc3ccc4c(N(c5cc(-c6cc(C)cc(C)c6)cc(-c6cc(C)cc(C)c6)c5F)c5c([2H])c([2H])c([2H])c([2H])c5[2H])ccc5ccc2c3c54)c([2H])c1[2H].[2H]c1c([2H])c([2H])c(N(c2cc(-c3ccc(C)cc3)cc(-c3ccc(C)cc3)c2F)c2ccc3ccc4c(N(c5cc(-c6ccc(C)cc6)cc(-c6ccc(C)cc6)c5F)c5c([2H])c([2H])c([2H])c([2H])c5[2H])ccc5ccc2c3c54)c([2H])c1[2H]. The molecule has 0 fully saturated rings. The Morgan fingerprint density at radius 2 is 0.338 bits per heavy atom. The molecule has 0 bridgehead atoms. The molecule has 8 heteroatoms. The van der Waals surface area contributed by atoms with Crippen LogP contribution in [0.5, 0.6) is 0 Å². The van der Waals surface area contributed by atoms with Crippen molar-refractivity contribution in [2.24, 2.45) is 0 Å². The Morgan fingerprint density at radius 1 is 0.155 bits per heavy atom. The van der Waals surface area contributed by atoms with Gasteiger partial charge in [-0.15, -0.1) is 0 Å². The van der Waals surface area contributed by atoms with Crippen molar-refractivity contribution < 1.29 is 45.0 Å². The van der Waals surface area contributed by atoms with E-state index in [2.05, 4.69) is 0 Å². The van der Waals surface area contributed by atoms with Crippen molar-refractivity contribution in [3.8, 4) is 89.0 Å². The maximum absolute atomic E-state index is 18.6. The maximum atomic E-state index is 18.6. The van der Waals surface area contributed by atoms with E-state index in [1.54, 1.807) is 72.8 Å². The number of halogens is 4. The van der Waals surface area contributed by atoms with Crippen molar-refractivity contribution in [2.45, 2.75) is 83.1 Å². The van der Waals surface area contributed by atoms with Gasteiger partial charge in [-0.3, -0.25) is 0 Å². The van der Waals surface area contributed by atoms with Crippen molar-refractivity contribution in [2.75, 3.05) is 19.6 Å². The summed E-state index contributed by atoms with van der Waals surface area (Å²) in [6.07, 6.45) is 0. The summed E-state index contributed by atoms with van der Waals surface area (Å²) in [6.45, 7) is 23.5. The Kier molecular flexibility index (Phi) is 19.2. The van der Waals surface area contributed by atoms with Crippen LogP contribution in [0.1, 0.15) is 94.2 Å². The van der Waals surface area contributed by atoms with Crippen molar-refractivity contribution in [3.05, 3.63) is 526 Å². The molecule has 0 N–H and O–H groups in total. The summed E-state index contributed by atoms with van der Waals surface area (Å²) in [5, 5.41) is 7.19. The Morgan fingerprint density at radius 3 is 0.561 bits per heavy atom. The van der Waals surface area contributed by atoms with Crippen LogP contribution >= 0.6 is 0 Å². The predicted molar refractivity (Wildman–Crippen MR) is 619 cm³/mol. The van der Waals surface area contributed by atoms with Gasteiger partial charge in [0.1, 0.15) is 0 Å². The molecule has 716 valence electrons. The molecule has 0 aliphatic carbocycles. The molecular formula is C140H108F4N4. The Balaban J connectivity index is 0.000000179. The minimum absolute atomic E-state index is 0.0868. The molecule has 24 rings (SSSR count). The second kappa shape index (κ2) is 38.8. The van der Waals surface area contributed by atoms with Gasteiger partial charge in [-0.25, -0.2) is 17.6 Å². The van der Waals surface area contributed by atoms with E-state index in [0.29, 0.717) is 109 Å². The molecule has 0 aliphatic heterocycles. The molecule has 0 spiro atoms. The summed E-state index contributed by atoms with van der Waals surface area (Å²) < 4.78 is 257. The van der Waals surface area contributed by atoms with Gasteiger partial charge < -0.3 is 19.6 Å². The first kappa shape index (κ1) is 73.4. The van der Waals surface area contributed by atoms with Crippen LogP contribution in [-0.4, -0.2) is 0 Å². The average Bonchev–Trinajstić information content (AvgIpc) is 0.706. The maximum Gasteiger partial charge on any atom is 0.155 e.